The third kappa shape index (κ3) is 3.92. The molecule has 0 unspecified atom stereocenters. The maximum Gasteiger partial charge on any atom is 0.122 e. The first kappa shape index (κ1) is 14.3. The Morgan fingerprint density at radius 3 is 2.15 bits per heavy atom. The van der Waals surface area contributed by atoms with Crippen LogP contribution in [0.15, 0.2) is 42.5 Å². The molecule has 0 aromatic heterocycles. The van der Waals surface area contributed by atoms with E-state index in [0.29, 0.717) is 13.2 Å². The zero-order chi connectivity index (χ0) is 14.4. The van der Waals surface area contributed by atoms with E-state index in [1.165, 1.54) is 5.56 Å². The van der Waals surface area contributed by atoms with Crippen molar-refractivity contribution in [3.8, 4) is 17.2 Å². The Morgan fingerprint density at radius 1 is 0.800 bits per heavy atom. The second-order valence-corrected chi connectivity index (χ2v) is 4.64. The summed E-state index contributed by atoms with van der Waals surface area (Å²) in [6, 6.07) is 13.7. The van der Waals surface area contributed by atoms with Crippen LogP contribution in [-0.2, 0) is 0 Å². The Balaban J connectivity index is 1.79. The molecule has 2 aromatic rings. The van der Waals surface area contributed by atoms with Gasteiger partial charge in [-0.1, -0.05) is 12.1 Å². The maximum absolute atomic E-state index is 5.73. The van der Waals surface area contributed by atoms with E-state index in [1.807, 2.05) is 37.3 Å². The lowest BCUT2D eigenvalue weighted by Crippen LogP contribution is -2.09. The molecule has 0 aliphatic rings. The Kier molecular flexibility index (Phi) is 4.88. The van der Waals surface area contributed by atoms with Crippen molar-refractivity contribution in [2.45, 2.75) is 13.8 Å². The summed E-state index contributed by atoms with van der Waals surface area (Å²) in [5, 5.41) is 0. The number of hydrogen-bond acceptors (Lipinski definition) is 3. The normalized spacial score (nSPS) is 10.2. The number of ether oxygens (including phenoxy) is 3. The van der Waals surface area contributed by atoms with Crippen LogP contribution in [-0.4, -0.2) is 20.3 Å². The van der Waals surface area contributed by atoms with Gasteiger partial charge in [0, 0.05) is 0 Å². The van der Waals surface area contributed by atoms with Crippen LogP contribution < -0.4 is 14.2 Å². The molecule has 0 bridgehead atoms. The van der Waals surface area contributed by atoms with Crippen molar-refractivity contribution in [3.05, 3.63) is 53.6 Å². The fourth-order valence-corrected chi connectivity index (χ4v) is 1.85. The monoisotopic (exact) mass is 272 g/mol. The van der Waals surface area contributed by atoms with Crippen LogP contribution in [0.3, 0.4) is 0 Å². The van der Waals surface area contributed by atoms with E-state index in [2.05, 4.69) is 19.1 Å². The molecule has 0 aliphatic carbocycles. The number of aryl methyl sites for hydroxylation is 2. The van der Waals surface area contributed by atoms with Gasteiger partial charge < -0.3 is 14.2 Å². The second-order valence-electron chi connectivity index (χ2n) is 4.64. The van der Waals surface area contributed by atoms with Gasteiger partial charge in [0.25, 0.3) is 0 Å². The molecule has 20 heavy (non-hydrogen) atoms. The van der Waals surface area contributed by atoms with Gasteiger partial charge in [-0.15, -0.1) is 0 Å². The molecule has 0 atom stereocenters. The largest absolute Gasteiger partial charge is 0.497 e. The fraction of sp³-hybridized carbons (Fsp3) is 0.294. The molecule has 0 fully saturated rings. The second kappa shape index (κ2) is 6.85. The van der Waals surface area contributed by atoms with Crippen molar-refractivity contribution in [2.75, 3.05) is 20.3 Å². The van der Waals surface area contributed by atoms with Crippen LogP contribution in [0.4, 0.5) is 0 Å². The molecule has 0 spiro atoms. The third-order valence-electron chi connectivity index (χ3n) is 3.01. The van der Waals surface area contributed by atoms with E-state index < -0.39 is 0 Å². The standard InChI is InChI=1S/C17H20O3/c1-13-4-5-14(2)17(12-13)20-11-10-19-16-8-6-15(18-3)7-9-16/h4-9,12H,10-11H2,1-3H3. The molecule has 0 aliphatic heterocycles. The molecule has 3 nitrogen and oxygen atoms in total. The summed E-state index contributed by atoms with van der Waals surface area (Å²) >= 11 is 0. The first-order chi connectivity index (χ1) is 9.69. The molecule has 0 radical (unpaired) electrons. The summed E-state index contributed by atoms with van der Waals surface area (Å²) in [5.41, 5.74) is 2.33. The van der Waals surface area contributed by atoms with Crippen molar-refractivity contribution in [2.24, 2.45) is 0 Å². The molecular formula is C17H20O3. The van der Waals surface area contributed by atoms with Gasteiger partial charge >= 0.3 is 0 Å². The first-order valence-electron chi connectivity index (χ1n) is 6.66. The lowest BCUT2D eigenvalue weighted by molar-refractivity contribution is 0.216. The lowest BCUT2D eigenvalue weighted by Gasteiger charge is -2.11. The highest BCUT2D eigenvalue weighted by Gasteiger charge is 2.00. The molecular weight excluding hydrogens is 252 g/mol. The highest BCUT2D eigenvalue weighted by molar-refractivity contribution is 5.36. The van der Waals surface area contributed by atoms with Crippen molar-refractivity contribution >= 4 is 0 Å². The van der Waals surface area contributed by atoms with Crippen molar-refractivity contribution < 1.29 is 14.2 Å². The van der Waals surface area contributed by atoms with E-state index >= 15 is 0 Å². The van der Waals surface area contributed by atoms with E-state index in [1.54, 1.807) is 7.11 Å². The molecule has 0 N–H and O–H groups in total. The molecule has 0 saturated carbocycles. The van der Waals surface area contributed by atoms with E-state index in [-0.39, 0.29) is 0 Å². The predicted molar refractivity (Wildman–Crippen MR) is 79.9 cm³/mol. The van der Waals surface area contributed by atoms with Crippen LogP contribution >= 0.6 is 0 Å². The first-order valence-corrected chi connectivity index (χ1v) is 6.66. The number of rotatable bonds is 6. The third-order valence-corrected chi connectivity index (χ3v) is 3.01. The molecule has 2 aromatic carbocycles. The number of hydrogen-bond donors (Lipinski definition) is 0. The van der Waals surface area contributed by atoms with Crippen molar-refractivity contribution in [1.29, 1.82) is 0 Å². The van der Waals surface area contributed by atoms with Gasteiger partial charge in [0.05, 0.1) is 7.11 Å². The SMILES string of the molecule is COc1ccc(OCCOc2cc(C)ccc2C)cc1. The summed E-state index contributed by atoms with van der Waals surface area (Å²) in [7, 11) is 1.65. The van der Waals surface area contributed by atoms with E-state index in [0.717, 1.165) is 22.8 Å². The molecule has 0 amide bonds. The van der Waals surface area contributed by atoms with Crippen LogP contribution in [0.5, 0.6) is 17.2 Å². The summed E-state index contributed by atoms with van der Waals surface area (Å²) < 4.78 is 16.4. The minimum Gasteiger partial charge on any atom is -0.497 e. The van der Waals surface area contributed by atoms with Crippen LogP contribution in [0, 0.1) is 13.8 Å². The molecule has 2 rings (SSSR count). The molecule has 106 valence electrons. The van der Waals surface area contributed by atoms with Gasteiger partial charge in [0.2, 0.25) is 0 Å². The quantitative estimate of drug-likeness (QED) is 0.749. The highest BCUT2D eigenvalue weighted by atomic mass is 16.5. The maximum atomic E-state index is 5.73. The van der Waals surface area contributed by atoms with Gasteiger partial charge in [0.15, 0.2) is 0 Å². The Labute approximate surface area is 120 Å². The smallest absolute Gasteiger partial charge is 0.122 e. The summed E-state index contributed by atoms with van der Waals surface area (Å²) in [6.45, 7) is 5.13. The zero-order valence-corrected chi connectivity index (χ0v) is 12.2. The van der Waals surface area contributed by atoms with E-state index in [9.17, 15) is 0 Å². The highest BCUT2D eigenvalue weighted by Crippen LogP contribution is 2.19. The zero-order valence-electron chi connectivity index (χ0n) is 12.2. The Bertz CT molecular complexity index is 547. The fourth-order valence-electron chi connectivity index (χ4n) is 1.85. The van der Waals surface area contributed by atoms with Gasteiger partial charge in [-0.05, 0) is 55.3 Å². The van der Waals surface area contributed by atoms with Gasteiger partial charge in [0.1, 0.15) is 30.5 Å². The topological polar surface area (TPSA) is 27.7 Å². The van der Waals surface area contributed by atoms with Gasteiger partial charge in [-0.25, -0.2) is 0 Å². The average Bonchev–Trinajstić information content (AvgIpc) is 2.47. The Morgan fingerprint density at radius 2 is 1.45 bits per heavy atom. The van der Waals surface area contributed by atoms with E-state index in [4.69, 9.17) is 14.2 Å². The summed E-state index contributed by atoms with van der Waals surface area (Å²) in [5.74, 6) is 2.56. The summed E-state index contributed by atoms with van der Waals surface area (Å²) in [6.07, 6.45) is 0. The average molecular weight is 272 g/mol. The molecule has 0 heterocycles. The predicted octanol–water partition coefficient (Wildman–Crippen LogP) is 3.77. The van der Waals surface area contributed by atoms with Crippen LogP contribution in [0.2, 0.25) is 0 Å². The number of methoxy groups -OCH3 is 1. The minimum atomic E-state index is 0.514. The van der Waals surface area contributed by atoms with Crippen LogP contribution in [0.25, 0.3) is 0 Å². The van der Waals surface area contributed by atoms with Gasteiger partial charge in [-0.2, -0.15) is 0 Å². The van der Waals surface area contributed by atoms with Crippen molar-refractivity contribution in [3.63, 3.8) is 0 Å². The van der Waals surface area contributed by atoms with Crippen LogP contribution in [0.1, 0.15) is 11.1 Å². The van der Waals surface area contributed by atoms with Crippen molar-refractivity contribution in [1.82, 2.24) is 0 Å². The lowest BCUT2D eigenvalue weighted by atomic mass is 10.1. The summed E-state index contributed by atoms with van der Waals surface area (Å²) in [4.78, 5) is 0. The Hall–Kier alpha value is -2.16. The minimum absolute atomic E-state index is 0.514. The number of benzene rings is 2. The molecule has 3 heteroatoms. The van der Waals surface area contributed by atoms with Gasteiger partial charge in [-0.3, -0.25) is 0 Å². The molecule has 0 saturated heterocycles.